The summed E-state index contributed by atoms with van der Waals surface area (Å²) in [7, 11) is 0. The van der Waals surface area contributed by atoms with E-state index >= 15 is 0 Å². The number of hydrogen-bond acceptors (Lipinski definition) is 3. The van der Waals surface area contributed by atoms with Crippen LogP contribution in [0.2, 0.25) is 15.1 Å². The molecular formula is C21H19Cl3F3N5O. The lowest BCUT2D eigenvalue weighted by Gasteiger charge is -2.13. The van der Waals surface area contributed by atoms with Crippen LogP contribution in [0.15, 0.2) is 30.5 Å². The molecule has 1 aliphatic carbocycles. The first-order valence-corrected chi connectivity index (χ1v) is 11.3. The summed E-state index contributed by atoms with van der Waals surface area (Å²) < 4.78 is 42.1. The average Bonchev–Trinajstić information content (AvgIpc) is 3.39. The maximum Gasteiger partial charge on any atom is 0.435 e. The third-order valence-corrected chi connectivity index (χ3v) is 6.29. The minimum absolute atomic E-state index is 0.00927. The summed E-state index contributed by atoms with van der Waals surface area (Å²) in [4.78, 5) is 12.7. The van der Waals surface area contributed by atoms with Gasteiger partial charge in [-0.2, -0.15) is 23.4 Å². The molecule has 1 amide bonds. The molecule has 2 aromatic heterocycles. The summed E-state index contributed by atoms with van der Waals surface area (Å²) in [5.74, 6) is -0.884. The van der Waals surface area contributed by atoms with E-state index in [0.717, 1.165) is 24.5 Å². The van der Waals surface area contributed by atoms with Crippen molar-refractivity contribution in [2.75, 3.05) is 5.32 Å². The van der Waals surface area contributed by atoms with E-state index in [1.54, 1.807) is 31.3 Å². The number of carbonyl (C=O) groups excluding carboxylic acids is 1. The SMILES string of the molecule is CC(Cn1nc(C(F)(F)F)cc1C1CC1)C(=O)Nc1nn(Cc2ccc(Cl)c(Cl)c2)cc1Cl. The third-order valence-electron chi connectivity index (χ3n) is 5.28. The van der Waals surface area contributed by atoms with Crippen LogP contribution in [0.25, 0.3) is 0 Å². The van der Waals surface area contributed by atoms with Gasteiger partial charge in [0.25, 0.3) is 0 Å². The minimum Gasteiger partial charge on any atom is -0.308 e. The highest BCUT2D eigenvalue weighted by molar-refractivity contribution is 6.42. The van der Waals surface area contributed by atoms with Crippen molar-refractivity contribution in [2.24, 2.45) is 5.92 Å². The highest BCUT2D eigenvalue weighted by atomic mass is 35.5. The van der Waals surface area contributed by atoms with Crippen LogP contribution in [0.1, 0.15) is 42.6 Å². The van der Waals surface area contributed by atoms with E-state index in [1.807, 2.05) is 0 Å². The highest BCUT2D eigenvalue weighted by Gasteiger charge is 2.38. The van der Waals surface area contributed by atoms with Crippen LogP contribution < -0.4 is 5.32 Å². The van der Waals surface area contributed by atoms with Gasteiger partial charge in [0.1, 0.15) is 5.02 Å². The maximum absolute atomic E-state index is 13.1. The number of nitrogens with zero attached hydrogens (tertiary/aromatic N) is 4. The summed E-state index contributed by atoms with van der Waals surface area (Å²) >= 11 is 18.2. The molecule has 1 atom stereocenters. The zero-order valence-electron chi connectivity index (χ0n) is 17.3. The second kappa shape index (κ2) is 9.19. The predicted molar refractivity (Wildman–Crippen MR) is 120 cm³/mol. The first-order chi connectivity index (χ1) is 15.5. The fourth-order valence-electron chi connectivity index (χ4n) is 3.39. The van der Waals surface area contributed by atoms with Crippen molar-refractivity contribution in [3.05, 3.63) is 62.5 Å². The van der Waals surface area contributed by atoms with Crippen LogP contribution in [-0.4, -0.2) is 25.5 Å². The lowest BCUT2D eigenvalue weighted by Crippen LogP contribution is -2.26. The van der Waals surface area contributed by atoms with Gasteiger partial charge >= 0.3 is 6.18 Å². The Balaban J connectivity index is 1.43. The molecule has 1 aliphatic rings. The maximum atomic E-state index is 13.1. The Hall–Kier alpha value is -2.23. The van der Waals surface area contributed by atoms with E-state index in [2.05, 4.69) is 15.5 Å². The zero-order chi connectivity index (χ0) is 23.9. The van der Waals surface area contributed by atoms with Crippen LogP contribution in [0.5, 0.6) is 0 Å². The molecule has 1 N–H and O–H groups in total. The monoisotopic (exact) mass is 519 g/mol. The first kappa shape index (κ1) is 23.9. The molecule has 33 heavy (non-hydrogen) atoms. The van der Waals surface area contributed by atoms with Crippen LogP contribution >= 0.6 is 34.8 Å². The number of aromatic nitrogens is 4. The van der Waals surface area contributed by atoms with Crippen molar-refractivity contribution in [2.45, 2.75) is 44.9 Å². The fourth-order valence-corrected chi connectivity index (χ4v) is 3.91. The molecule has 2 heterocycles. The van der Waals surface area contributed by atoms with E-state index in [0.29, 0.717) is 22.3 Å². The van der Waals surface area contributed by atoms with E-state index in [-0.39, 0.29) is 23.3 Å². The molecule has 1 saturated carbocycles. The van der Waals surface area contributed by atoms with Gasteiger partial charge in [0.05, 0.1) is 29.1 Å². The lowest BCUT2D eigenvalue weighted by molar-refractivity contribution is -0.141. The molecule has 4 rings (SSSR count). The first-order valence-electron chi connectivity index (χ1n) is 10.1. The van der Waals surface area contributed by atoms with Crippen molar-refractivity contribution < 1.29 is 18.0 Å². The van der Waals surface area contributed by atoms with Crippen molar-refractivity contribution >= 4 is 46.5 Å². The number of amides is 1. The molecule has 0 bridgehead atoms. The Kier molecular flexibility index (Phi) is 6.66. The summed E-state index contributed by atoms with van der Waals surface area (Å²) in [5, 5.41) is 11.7. The second-order valence-electron chi connectivity index (χ2n) is 8.07. The van der Waals surface area contributed by atoms with Crippen molar-refractivity contribution in [1.29, 1.82) is 0 Å². The van der Waals surface area contributed by atoms with E-state index in [4.69, 9.17) is 34.8 Å². The number of hydrogen-bond donors (Lipinski definition) is 1. The van der Waals surface area contributed by atoms with Crippen LogP contribution in [0.4, 0.5) is 19.0 Å². The molecule has 6 nitrogen and oxygen atoms in total. The van der Waals surface area contributed by atoms with Gasteiger partial charge in [-0.25, -0.2) is 0 Å². The summed E-state index contributed by atoms with van der Waals surface area (Å²) in [6.45, 7) is 1.97. The number of rotatable bonds is 7. The number of anilines is 1. The molecule has 0 aliphatic heterocycles. The van der Waals surface area contributed by atoms with Crippen LogP contribution in [0, 0.1) is 5.92 Å². The Morgan fingerprint density at radius 3 is 2.52 bits per heavy atom. The quantitative estimate of drug-likeness (QED) is 0.400. The Bertz CT molecular complexity index is 1190. The third kappa shape index (κ3) is 5.65. The summed E-state index contributed by atoms with van der Waals surface area (Å²) in [6.07, 6.45) is -1.35. The van der Waals surface area contributed by atoms with Crippen molar-refractivity contribution in [3.8, 4) is 0 Å². The molecule has 12 heteroatoms. The van der Waals surface area contributed by atoms with Crippen molar-refractivity contribution in [1.82, 2.24) is 19.6 Å². The van der Waals surface area contributed by atoms with Gasteiger partial charge < -0.3 is 5.32 Å². The molecule has 176 valence electrons. The van der Waals surface area contributed by atoms with Gasteiger partial charge in [-0.15, -0.1) is 0 Å². The van der Waals surface area contributed by atoms with Gasteiger partial charge in [-0.05, 0) is 36.6 Å². The van der Waals surface area contributed by atoms with Gasteiger partial charge in [0, 0.05) is 17.8 Å². The largest absolute Gasteiger partial charge is 0.435 e. The van der Waals surface area contributed by atoms with E-state index < -0.39 is 23.7 Å². The van der Waals surface area contributed by atoms with E-state index in [9.17, 15) is 18.0 Å². The number of nitrogens with one attached hydrogen (secondary N) is 1. The molecule has 0 spiro atoms. The molecule has 0 saturated heterocycles. The van der Waals surface area contributed by atoms with Gasteiger partial charge in [0.15, 0.2) is 11.5 Å². The predicted octanol–water partition coefficient (Wildman–Crippen LogP) is 6.26. The van der Waals surface area contributed by atoms with Gasteiger partial charge in [-0.1, -0.05) is 47.8 Å². The summed E-state index contributed by atoms with van der Waals surface area (Å²) in [6, 6.07) is 6.24. The normalized spacial score (nSPS) is 15.0. The van der Waals surface area contributed by atoms with Crippen LogP contribution in [0.3, 0.4) is 0 Å². The molecule has 1 unspecified atom stereocenters. The standard InChI is InChI=1S/C21H19Cl3F3N5O/c1-11(8-32-17(13-3-4-13)7-18(29-32)21(25,26)27)20(33)28-19-16(24)10-31(30-19)9-12-2-5-14(22)15(23)6-12/h2,5-7,10-11,13H,3-4,8-9H2,1H3,(H,28,30,33). The smallest absolute Gasteiger partial charge is 0.308 e. The number of benzene rings is 1. The minimum atomic E-state index is -4.53. The molecule has 0 radical (unpaired) electrons. The second-order valence-corrected chi connectivity index (χ2v) is 9.29. The fraction of sp³-hybridized carbons (Fsp3) is 0.381. The number of alkyl halides is 3. The number of carbonyl (C=O) groups is 1. The Morgan fingerprint density at radius 1 is 1.15 bits per heavy atom. The Morgan fingerprint density at radius 2 is 1.88 bits per heavy atom. The van der Waals surface area contributed by atoms with Crippen molar-refractivity contribution in [3.63, 3.8) is 0 Å². The van der Waals surface area contributed by atoms with Gasteiger partial charge in [-0.3, -0.25) is 14.2 Å². The highest BCUT2D eigenvalue weighted by Crippen LogP contribution is 2.42. The molecule has 1 fully saturated rings. The topological polar surface area (TPSA) is 64.7 Å². The lowest BCUT2D eigenvalue weighted by atomic mass is 10.1. The van der Waals surface area contributed by atoms with E-state index in [1.165, 1.54) is 9.36 Å². The summed E-state index contributed by atoms with van der Waals surface area (Å²) in [5.41, 5.74) is 0.397. The molecular weight excluding hydrogens is 502 g/mol. The Labute approximate surface area is 202 Å². The molecule has 1 aromatic carbocycles. The number of halogens is 6. The molecule has 3 aromatic rings. The van der Waals surface area contributed by atoms with Gasteiger partial charge in [0.2, 0.25) is 5.91 Å². The van der Waals surface area contributed by atoms with Crippen LogP contribution in [-0.2, 0) is 24.1 Å². The zero-order valence-corrected chi connectivity index (χ0v) is 19.6. The average molecular weight is 521 g/mol.